The van der Waals surface area contributed by atoms with Crippen LogP contribution >= 0.6 is 0 Å². The van der Waals surface area contributed by atoms with E-state index < -0.39 is 0 Å². The molecule has 3 heterocycles. The molecule has 0 atom stereocenters. The van der Waals surface area contributed by atoms with E-state index in [1.807, 2.05) is 18.5 Å². The van der Waals surface area contributed by atoms with Gasteiger partial charge in [0.2, 0.25) is 0 Å². The Morgan fingerprint density at radius 3 is 3.38 bits per heavy atom. The molecule has 2 aromatic heterocycles. The first-order chi connectivity index (χ1) is 6.45. The summed E-state index contributed by atoms with van der Waals surface area (Å²) >= 11 is 0. The number of nitrogens with one attached hydrogen (secondary N) is 1. The first kappa shape index (κ1) is 6.71. The Morgan fingerprint density at radius 1 is 1.38 bits per heavy atom. The van der Waals surface area contributed by atoms with Crippen LogP contribution in [0.15, 0.2) is 36.8 Å². The minimum absolute atomic E-state index is 0.881. The average Bonchev–Trinajstić information content (AvgIpc) is 2.65. The molecule has 13 heavy (non-hydrogen) atoms. The molecule has 0 aromatic carbocycles. The number of pyridine rings is 1. The van der Waals surface area contributed by atoms with Gasteiger partial charge in [-0.25, -0.2) is 0 Å². The molecule has 0 amide bonds. The van der Waals surface area contributed by atoms with Crippen molar-refractivity contribution >= 4 is 5.69 Å². The standard InChI is InChI=1S/C10H9N3/c1-2-8-6-12-9-7-11-4-3-10(9)13(8)5-1/h1-5,7,12H,6H2. The Kier molecular flexibility index (Phi) is 1.22. The fourth-order valence-corrected chi connectivity index (χ4v) is 1.71. The summed E-state index contributed by atoms with van der Waals surface area (Å²) in [7, 11) is 0. The van der Waals surface area contributed by atoms with Crippen LogP contribution in [0.3, 0.4) is 0 Å². The molecule has 3 nitrogen and oxygen atoms in total. The van der Waals surface area contributed by atoms with Crippen molar-refractivity contribution in [1.82, 2.24) is 9.55 Å². The van der Waals surface area contributed by atoms with Gasteiger partial charge in [0.25, 0.3) is 0 Å². The molecule has 0 fully saturated rings. The lowest BCUT2D eigenvalue weighted by Crippen LogP contribution is -2.13. The number of anilines is 1. The highest BCUT2D eigenvalue weighted by atomic mass is 15.1. The quantitative estimate of drug-likeness (QED) is 0.655. The third kappa shape index (κ3) is 0.869. The van der Waals surface area contributed by atoms with Gasteiger partial charge in [-0.05, 0) is 18.2 Å². The third-order valence-corrected chi connectivity index (χ3v) is 2.35. The van der Waals surface area contributed by atoms with Crippen LogP contribution in [0.1, 0.15) is 5.69 Å². The second kappa shape index (κ2) is 2.36. The van der Waals surface area contributed by atoms with Gasteiger partial charge < -0.3 is 9.88 Å². The van der Waals surface area contributed by atoms with Gasteiger partial charge in [-0.3, -0.25) is 4.98 Å². The highest BCUT2D eigenvalue weighted by Crippen LogP contribution is 2.25. The van der Waals surface area contributed by atoms with Gasteiger partial charge in [0.15, 0.2) is 0 Å². The van der Waals surface area contributed by atoms with Gasteiger partial charge in [0.1, 0.15) is 0 Å². The molecule has 0 aliphatic carbocycles. The van der Waals surface area contributed by atoms with Crippen molar-refractivity contribution in [2.45, 2.75) is 6.54 Å². The first-order valence-corrected chi connectivity index (χ1v) is 4.29. The molecule has 0 saturated heterocycles. The molecule has 0 radical (unpaired) electrons. The Morgan fingerprint density at radius 2 is 2.38 bits per heavy atom. The zero-order valence-electron chi connectivity index (χ0n) is 7.07. The Balaban J connectivity index is 2.30. The molecule has 1 N–H and O–H groups in total. The zero-order valence-corrected chi connectivity index (χ0v) is 7.07. The Hall–Kier alpha value is -1.77. The minimum atomic E-state index is 0.881. The summed E-state index contributed by atoms with van der Waals surface area (Å²) in [6, 6.07) is 6.20. The predicted octanol–water partition coefficient (Wildman–Crippen LogP) is 1.80. The van der Waals surface area contributed by atoms with Crippen LogP contribution in [0.5, 0.6) is 0 Å². The Labute approximate surface area is 76.0 Å². The van der Waals surface area contributed by atoms with Gasteiger partial charge in [0.05, 0.1) is 24.1 Å². The summed E-state index contributed by atoms with van der Waals surface area (Å²) in [4.78, 5) is 4.08. The number of nitrogens with zero attached hydrogens (tertiary/aromatic N) is 2. The van der Waals surface area contributed by atoms with Crippen LogP contribution in [-0.2, 0) is 6.54 Å². The highest BCUT2D eigenvalue weighted by Gasteiger charge is 2.12. The number of hydrogen-bond acceptors (Lipinski definition) is 2. The zero-order chi connectivity index (χ0) is 8.67. The molecule has 0 bridgehead atoms. The predicted molar refractivity (Wildman–Crippen MR) is 50.9 cm³/mol. The van der Waals surface area contributed by atoms with Crippen molar-refractivity contribution in [1.29, 1.82) is 0 Å². The summed E-state index contributed by atoms with van der Waals surface area (Å²) in [5, 5.41) is 3.32. The number of aromatic nitrogens is 2. The lowest BCUT2D eigenvalue weighted by atomic mass is 10.2. The lowest BCUT2D eigenvalue weighted by molar-refractivity contribution is 0.903. The maximum Gasteiger partial charge on any atom is 0.0774 e. The van der Waals surface area contributed by atoms with Crippen molar-refractivity contribution in [3.05, 3.63) is 42.5 Å². The van der Waals surface area contributed by atoms with Crippen molar-refractivity contribution in [3.8, 4) is 5.69 Å². The largest absolute Gasteiger partial charge is 0.377 e. The molecule has 1 aliphatic rings. The molecule has 0 spiro atoms. The van der Waals surface area contributed by atoms with Crippen molar-refractivity contribution < 1.29 is 0 Å². The monoisotopic (exact) mass is 171 g/mol. The van der Waals surface area contributed by atoms with E-state index >= 15 is 0 Å². The topological polar surface area (TPSA) is 29.9 Å². The molecule has 3 heteroatoms. The minimum Gasteiger partial charge on any atom is -0.377 e. The number of hydrogen-bond donors (Lipinski definition) is 1. The van der Waals surface area contributed by atoms with E-state index in [0.717, 1.165) is 12.2 Å². The molecule has 0 unspecified atom stereocenters. The second-order valence-corrected chi connectivity index (χ2v) is 3.12. The van der Waals surface area contributed by atoms with Crippen LogP contribution < -0.4 is 5.32 Å². The second-order valence-electron chi connectivity index (χ2n) is 3.12. The van der Waals surface area contributed by atoms with E-state index in [2.05, 4.69) is 33.2 Å². The fourth-order valence-electron chi connectivity index (χ4n) is 1.71. The van der Waals surface area contributed by atoms with E-state index in [1.54, 1.807) is 0 Å². The normalized spacial score (nSPS) is 12.9. The van der Waals surface area contributed by atoms with Crippen LogP contribution in [-0.4, -0.2) is 9.55 Å². The van der Waals surface area contributed by atoms with Crippen LogP contribution in [0.25, 0.3) is 5.69 Å². The van der Waals surface area contributed by atoms with Gasteiger partial charge in [0, 0.05) is 18.1 Å². The molecule has 64 valence electrons. The molecular formula is C10H9N3. The van der Waals surface area contributed by atoms with Gasteiger partial charge in [-0.1, -0.05) is 0 Å². The summed E-state index contributed by atoms with van der Waals surface area (Å²) in [6.07, 6.45) is 5.75. The maximum absolute atomic E-state index is 4.08. The van der Waals surface area contributed by atoms with E-state index in [-0.39, 0.29) is 0 Å². The average molecular weight is 171 g/mol. The lowest BCUT2D eigenvalue weighted by Gasteiger charge is -2.20. The molecule has 3 rings (SSSR count). The van der Waals surface area contributed by atoms with Crippen molar-refractivity contribution in [2.24, 2.45) is 0 Å². The molecule has 2 aromatic rings. The third-order valence-electron chi connectivity index (χ3n) is 2.35. The number of fused-ring (bicyclic) bond motifs is 3. The Bertz CT molecular complexity index is 445. The van der Waals surface area contributed by atoms with E-state index in [0.29, 0.717) is 0 Å². The smallest absolute Gasteiger partial charge is 0.0774 e. The number of rotatable bonds is 0. The molecular weight excluding hydrogens is 162 g/mol. The molecule has 1 aliphatic heterocycles. The van der Waals surface area contributed by atoms with Gasteiger partial charge in [-0.15, -0.1) is 0 Å². The van der Waals surface area contributed by atoms with Crippen molar-refractivity contribution in [2.75, 3.05) is 5.32 Å². The summed E-state index contributed by atoms with van der Waals surface area (Å²) in [5.74, 6) is 0. The summed E-state index contributed by atoms with van der Waals surface area (Å²) in [6.45, 7) is 0.881. The summed E-state index contributed by atoms with van der Waals surface area (Å²) < 4.78 is 2.19. The fraction of sp³-hybridized carbons (Fsp3) is 0.100. The maximum atomic E-state index is 4.08. The SMILES string of the molecule is c1cc2n(c1)-c1ccncc1NC2. The summed E-state index contributed by atoms with van der Waals surface area (Å²) in [5.41, 5.74) is 3.58. The van der Waals surface area contributed by atoms with E-state index in [9.17, 15) is 0 Å². The first-order valence-electron chi connectivity index (χ1n) is 4.29. The highest BCUT2D eigenvalue weighted by molar-refractivity contribution is 5.62. The van der Waals surface area contributed by atoms with E-state index in [4.69, 9.17) is 0 Å². The van der Waals surface area contributed by atoms with E-state index in [1.165, 1.54) is 11.4 Å². The van der Waals surface area contributed by atoms with Crippen LogP contribution in [0, 0.1) is 0 Å². The molecule has 0 saturated carbocycles. The van der Waals surface area contributed by atoms with Crippen LogP contribution in [0.4, 0.5) is 5.69 Å². The van der Waals surface area contributed by atoms with Gasteiger partial charge in [-0.2, -0.15) is 0 Å². The van der Waals surface area contributed by atoms with Gasteiger partial charge >= 0.3 is 0 Å². The van der Waals surface area contributed by atoms with Crippen LogP contribution in [0.2, 0.25) is 0 Å². The van der Waals surface area contributed by atoms with Crippen molar-refractivity contribution in [3.63, 3.8) is 0 Å².